The van der Waals surface area contributed by atoms with Gasteiger partial charge in [0.05, 0.1) is 4.47 Å². The number of halogens is 1. The Balaban J connectivity index is 1.51. The quantitative estimate of drug-likeness (QED) is 0.849. The van der Waals surface area contributed by atoms with Gasteiger partial charge in [0, 0.05) is 31.5 Å². The molecule has 0 spiro atoms. The lowest BCUT2D eigenvalue weighted by atomic mass is 10.0. The summed E-state index contributed by atoms with van der Waals surface area (Å²) in [6.07, 6.45) is 5.39. The Bertz CT molecular complexity index is 558. The molecule has 1 aliphatic carbocycles. The van der Waals surface area contributed by atoms with Crippen LogP contribution in [0.2, 0.25) is 0 Å². The fraction of sp³-hybridized carbons (Fsp3) is 0.688. The molecule has 1 aromatic heterocycles. The van der Waals surface area contributed by atoms with E-state index in [1.807, 2.05) is 25.7 Å². The molecule has 7 heteroatoms. The van der Waals surface area contributed by atoms with Crippen molar-refractivity contribution in [2.75, 3.05) is 18.4 Å². The Labute approximate surface area is 145 Å². The SMILES string of the molecule is CC(C)(C)OC(=O)N1C[C@H]2C[C@H](Nc3ncc(Br)cn3)C[C@H]2C1. The van der Waals surface area contributed by atoms with Gasteiger partial charge in [-0.25, -0.2) is 14.8 Å². The van der Waals surface area contributed by atoms with Crippen LogP contribution in [-0.4, -0.2) is 45.7 Å². The van der Waals surface area contributed by atoms with Gasteiger partial charge in [-0.15, -0.1) is 0 Å². The molecule has 1 saturated carbocycles. The number of fused-ring (bicyclic) bond motifs is 1. The number of amides is 1. The van der Waals surface area contributed by atoms with E-state index >= 15 is 0 Å². The van der Waals surface area contributed by atoms with E-state index in [9.17, 15) is 4.79 Å². The maximum Gasteiger partial charge on any atom is 0.410 e. The third-order valence-electron chi connectivity index (χ3n) is 4.36. The van der Waals surface area contributed by atoms with E-state index in [1.165, 1.54) is 0 Å². The minimum absolute atomic E-state index is 0.187. The van der Waals surface area contributed by atoms with Crippen molar-refractivity contribution >= 4 is 28.0 Å². The molecule has 1 saturated heterocycles. The molecule has 0 radical (unpaired) electrons. The van der Waals surface area contributed by atoms with E-state index < -0.39 is 5.60 Å². The standard InChI is InChI=1S/C16H23BrN4O2/c1-16(2,3)23-15(22)21-8-10-4-13(5-11(10)9-21)20-14-18-6-12(17)7-19-14/h6-7,10-11,13H,4-5,8-9H2,1-3H3,(H,18,19,20)/t10-,11+,13+. The third-order valence-corrected chi connectivity index (χ3v) is 4.77. The summed E-state index contributed by atoms with van der Waals surface area (Å²) in [6.45, 7) is 7.29. The van der Waals surface area contributed by atoms with E-state index in [2.05, 4.69) is 31.2 Å². The maximum atomic E-state index is 12.2. The third kappa shape index (κ3) is 4.13. The van der Waals surface area contributed by atoms with Gasteiger partial charge in [-0.2, -0.15) is 0 Å². The van der Waals surface area contributed by atoms with Gasteiger partial charge in [0.2, 0.25) is 5.95 Å². The van der Waals surface area contributed by atoms with Gasteiger partial charge in [-0.3, -0.25) is 0 Å². The number of hydrogen-bond donors (Lipinski definition) is 1. The summed E-state index contributed by atoms with van der Waals surface area (Å²) >= 11 is 3.34. The van der Waals surface area contributed by atoms with Crippen LogP contribution in [0.3, 0.4) is 0 Å². The molecule has 23 heavy (non-hydrogen) atoms. The van der Waals surface area contributed by atoms with Crippen LogP contribution in [0.1, 0.15) is 33.6 Å². The summed E-state index contributed by atoms with van der Waals surface area (Å²) < 4.78 is 6.34. The largest absolute Gasteiger partial charge is 0.444 e. The van der Waals surface area contributed by atoms with Crippen LogP contribution in [0.25, 0.3) is 0 Å². The van der Waals surface area contributed by atoms with Crippen LogP contribution in [0.5, 0.6) is 0 Å². The first-order valence-corrected chi connectivity index (χ1v) is 8.81. The smallest absolute Gasteiger partial charge is 0.410 e. The topological polar surface area (TPSA) is 67.3 Å². The molecule has 0 bridgehead atoms. The second-order valence-corrected chi connectivity index (χ2v) is 8.36. The zero-order chi connectivity index (χ0) is 16.6. The molecule has 3 rings (SSSR count). The minimum atomic E-state index is -0.433. The zero-order valence-corrected chi connectivity index (χ0v) is 15.3. The highest BCUT2D eigenvalue weighted by molar-refractivity contribution is 9.10. The Morgan fingerprint density at radius 3 is 2.35 bits per heavy atom. The average Bonchev–Trinajstić information content (AvgIpc) is 2.97. The van der Waals surface area contributed by atoms with Gasteiger partial charge in [0.25, 0.3) is 0 Å². The molecule has 126 valence electrons. The zero-order valence-electron chi connectivity index (χ0n) is 13.8. The summed E-state index contributed by atoms with van der Waals surface area (Å²) in [5.74, 6) is 1.74. The highest BCUT2D eigenvalue weighted by Gasteiger charge is 2.43. The Morgan fingerprint density at radius 1 is 1.26 bits per heavy atom. The van der Waals surface area contributed by atoms with Crippen molar-refractivity contribution in [2.24, 2.45) is 11.8 Å². The summed E-state index contributed by atoms with van der Waals surface area (Å²) in [7, 11) is 0. The summed E-state index contributed by atoms with van der Waals surface area (Å²) in [5.41, 5.74) is -0.433. The summed E-state index contributed by atoms with van der Waals surface area (Å²) in [5, 5.41) is 3.40. The van der Waals surface area contributed by atoms with Crippen LogP contribution in [0, 0.1) is 11.8 Å². The fourth-order valence-corrected chi connectivity index (χ4v) is 3.67. The van der Waals surface area contributed by atoms with Gasteiger partial charge < -0.3 is 15.0 Å². The number of carbonyl (C=O) groups is 1. The van der Waals surface area contributed by atoms with Crippen molar-refractivity contribution in [1.82, 2.24) is 14.9 Å². The van der Waals surface area contributed by atoms with Crippen LogP contribution in [0.4, 0.5) is 10.7 Å². The molecule has 1 aromatic rings. The van der Waals surface area contributed by atoms with Crippen molar-refractivity contribution in [2.45, 2.75) is 45.3 Å². The second kappa shape index (κ2) is 6.26. The predicted molar refractivity (Wildman–Crippen MR) is 91.2 cm³/mol. The maximum absolute atomic E-state index is 12.2. The van der Waals surface area contributed by atoms with Crippen molar-refractivity contribution in [3.63, 3.8) is 0 Å². The normalized spacial score (nSPS) is 27.0. The van der Waals surface area contributed by atoms with Gasteiger partial charge in [0.1, 0.15) is 5.60 Å². The minimum Gasteiger partial charge on any atom is -0.444 e. The molecular weight excluding hydrogens is 360 g/mol. The molecule has 2 fully saturated rings. The lowest BCUT2D eigenvalue weighted by molar-refractivity contribution is 0.0280. The fourth-order valence-electron chi connectivity index (χ4n) is 3.46. The number of aromatic nitrogens is 2. The van der Waals surface area contributed by atoms with Crippen molar-refractivity contribution in [1.29, 1.82) is 0 Å². The molecule has 0 aromatic carbocycles. The van der Waals surface area contributed by atoms with Gasteiger partial charge in [0.15, 0.2) is 0 Å². The number of nitrogens with one attached hydrogen (secondary N) is 1. The number of hydrogen-bond acceptors (Lipinski definition) is 5. The Morgan fingerprint density at radius 2 is 1.83 bits per heavy atom. The van der Waals surface area contributed by atoms with Crippen molar-refractivity contribution < 1.29 is 9.53 Å². The van der Waals surface area contributed by atoms with Crippen LogP contribution < -0.4 is 5.32 Å². The number of rotatable bonds is 2. The molecule has 0 unspecified atom stereocenters. The van der Waals surface area contributed by atoms with Gasteiger partial charge >= 0.3 is 6.09 Å². The molecule has 1 amide bonds. The first-order valence-electron chi connectivity index (χ1n) is 8.02. The molecule has 1 N–H and O–H groups in total. The molecule has 3 atom stereocenters. The van der Waals surface area contributed by atoms with E-state index in [1.54, 1.807) is 12.4 Å². The number of ether oxygens (including phenoxy) is 1. The number of likely N-dealkylation sites (tertiary alicyclic amines) is 1. The summed E-state index contributed by atoms with van der Waals surface area (Å²) in [6, 6.07) is 0.381. The Hall–Kier alpha value is -1.37. The van der Waals surface area contributed by atoms with E-state index in [0.717, 1.165) is 30.4 Å². The number of nitrogens with zero attached hydrogens (tertiary/aromatic N) is 3. The highest BCUT2D eigenvalue weighted by atomic mass is 79.9. The highest BCUT2D eigenvalue weighted by Crippen LogP contribution is 2.39. The van der Waals surface area contributed by atoms with Crippen molar-refractivity contribution in [3.05, 3.63) is 16.9 Å². The monoisotopic (exact) mass is 382 g/mol. The van der Waals surface area contributed by atoms with E-state index in [-0.39, 0.29) is 6.09 Å². The molecule has 1 aliphatic heterocycles. The lowest BCUT2D eigenvalue weighted by Crippen LogP contribution is -2.36. The van der Waals surface area contributed by atoms with E-state index in [4.69, 9.17) is 4.74 Å². The molecule has 6 nitrogen and oxygen atoms in total. The first-order chi connectivity index (χ1) is 10.8. The van der Waals surface area contributed by atoms with E-state index in [0.29, 0.717) is 23.8 Å². The molecule has 2 aliphatic rings. The summed E-state index contributed by atoms with van der Waals surface area (Å²) in [4.78, 5) is 22.5. The van der Waals surface area contributed by atoms with Gasteiger partial charge in [-0.1, -0.05) is 0 Å². The van der Waals surface area contributed by atoms with Crippen molar-refractivity contribution in [3.8, 4) is 0 Å². The number of carbonyl (C=O) groups excluding carboxylic acids is 1. The Kier molecular flexibility index (Phi) is 4.49. The van der Waals surface area contributed by atoms with Crippen LogP contribution >= 0.6 is 15.9 Å². The van der Waals surface area contributed by atoms with Gasteiger partial charge in [-0.05, 0) is 61.4 Å². The second-order valence-electron chi connectivity index (χ2n) is 7.44. The molecule has 2 heterocycles. The predicted octanol–water partition coefficient (Wildman–Crippen LogP) is 3.30. The van der Waals surface area contributed by atoms with Crippen LogP contribution in [-0.2, 0) is 4.74 Å². The molecular formula is C16H23BrN4O2. The lowest BCUT2D eigenvalue weighted by Gasteiger charge is -2.25. The number of anilines is 1. The van der Waals surface area contributed by atoms with Crippen LogP contribution in [0.15, 0.2) is 16.9 Å². The first kappa shape index (κ1) is 16.5. The average molecular weight is 383 g/mol.